The van der Waals surface area contributed by atoms with Crippen LogP contribution in [0, 0.1) is 0 Å². The summed E-state index contributed by atoms with van der Waals surface area (Å²) in [6.07, 6.45) is 1.49. The molecule has 2 aromatic carbocycles. The van der Waals surface area contributed by atoms with Crippen molar-refractivity contribution in [2.24, 2.45) is 0 Å². The fraction of sp³-hybridized carbons (Fsp3) is 0.167. The summed E-state index contributed by atoms with van der Waals surface area (Å²) in [6, 6.07) is 14.5. The number of sulfonamides is 1. The first-order valence-corrected chi connectivity index (χ1v) is 11.2. The molecule has 0 saturated heterocycles. The number of thioether (sulfide) groups is 1. The molecule has 1 amide bonds. The maximum atomic E-state index is 12.0. The van der Waals surface area contributed by atoms with Gasteiger partial charge in [-0.05, 0) is 42.0 Å². The van der Waals surface area contributed by atoms with E-state index in [-0.39, 0.29) is 18.2 Å². The third-order valence-electron chi connectivity index (χ3n) is 3.23. The lowest BCUT2D eigenvalue weighted by Crippen LogP contribution is -2.25. The molecule has 8 heteroatoms. The highest BCUT2D eigenvalue weighted by Crippen LogP contribution is 2.21. The van der Waals surface area contributed by atoms with E-state index in [0.717, 1.165) is 9.37 Å². The Kier molecular flexibility index (Phi) is 7.89. The number of carbonyl (C=O) groups is 1. The van der Waals surface area contributed by atoms with Gasteiger partial charge < -0.3 is 5.32 Å². The second kappa shape index (κ2) is 9.91. The molecule has 0 aromatic heterocycles. The molecule has 0 atom stereocenters. The van der Waals surface area contributed by atoms with E-state index in [1.54, 1.807) is 24.3 Å². The fourth-order valence-corrected chi connectivity index (χ4v) is 4.09. The molecule has 0 saturated carbocycles. The third kappa shape index (κ3) is 7.33. The van der Waals surface area contributed by atoms with Crippen molar-refractivity contribution in [1.82, 2.24) is 4.72 Å². The topological polar surface area (TPSA) is 75.3 Å². The lowest BCUT2D eigenvalue weighted by molar-refractivity contribution is -0.113. The van der Waals surface area contributed by atoms with Crippen LogP contribution in [0.3, 0.4) is 0 Å². The summed E-state index contributed by atoms with van der Waals surface area (Å²) in [5.41, 5.74) is 1.27. The average molecular weight is 455 g/mol. The highest BCUT2D eigenvalue weighted by atomic mass is 79.9. The second-order valence-electron chi connectivity index (χ2n) is 5.38. The molecule has 0 heterocycles. The largest absolute Gasteiger partial charge is 0.325 e. The molecular formula is C18H19BrN2O3S2. The molecule has 0 bridgehead atoms. The number of hydrogen-bond donors (Lipinski definition) is 2. The minimum Gasteiger partial charge on any atom is -0.325 e. The van der Waals surface area contributed by atoms with Crippen LogP contribution in [0.1, 0.15) is 5.56 Å². The van der Waals surface area contributed by atoms with E-state index in [1.165, 1.54) is 17.8 Å². The van der Waals surface area contributed by atoms with Crippen molar-refractivity contribution < 1.29 is 13.2 Å². The predicted octanol–water partition coefficient (Wildman–Crippen LogP) is 3.79. The Balaban J connectivity index is 1.85. The fourth-order valence-electron chi connectivity index (χ4n) is 2.02. The van der Waals surface area contributed by atoms with Crippen LogP contribution in [-0.2, 0) is 20.6 Å². The van der Waals surface area contributed by atoms with Gasteiger partial charge in [0.25, 0.3) is 0 Å². The van der Waals surface area contributed by atoms with Crippen LogP contribution in [0.4, 0.5) is 5.69 Å². The first-order valence-electron chi connectivity index (χ1n) is 7.73. The second-order valence-corrected chi connectivity index (χ2v) is 9.16. The zero-order valence-electron chi connectivity index (χ0n) is 13.9. The minimum atomic E-state index is -3.39. The summed E-state index contributed by atoms with van der Waals surface area (Å²) in [4.78, 5) is 13.0. The van der Waals surface area contributed by atoms with Crippen LogP contribution in [0.5, 0.6) is 0 Å². The van der Waals surface area contributed by atoms with E-state index >= 15 is 0 Å². The SMILES string of the molecule is C=CCNS(=O)(=O)Cc1ccc(NC(=O)CSc2ccc(Br)cc2)cc1. The van der Waals surface area contributed by atoms with Gasteiger partial charge in [-0.25, -0.2) is 13.1 Å². The maximum absolute atomic E-state index is 12.0. The Labute approximate surface area is 166 Å². The van der Waals surface area contributed by atoms with Gasteiger partial charge in [0.05, 0.1) is 11.5 Å². The molecule has 2 aromatic rings. The van der Waals surface area contributed by atoms with Crippen LogP contribution in [0.2, 0.25) is 0 Å². The molecule has 5 nitrogen and oxygen atoms in total. The number of hydrogen-bond acceptors (Lipinski definition) is 4. The van der Waals surface area contributed by atoms with Gasteiger partial charge in [0.15, 0.2) is 0 Å². The molecule has 26 heavy (non-hydrogen) atoms. The quantitative estimate of drug-likeness (QED) is 0.446. The number of carbonyl (C=O) groups excluding carboxylic acids is 1. The van der Waals surface area contributed by atoms with Crippen molar-refractivity contribution in [3.63, 3.8) is 0 Å². The maximum Gasteiger partial charge on any atom is 0.234 e. The summed E-state index contributed by atoms with van der Waals surface area (Å²) in [5, 5.41) is 2.80. The molecule has 0 radical (unpaired) electrons. The molecule has 0 unspecified atom stereocenters. The van der Waals surface area contributed by atoms with E-state index in [0.29, 0.717) is 17.0 Å². The molecule has 2 rings (SSSR count). The van der Waals surface area contributed by atoms with Crippen molar-refractivity contribution in [2.45, 2.75) is 10.6 Å². The van der Waals surface area contributed by atoms with Crippen molar-refractivity contribution >= 4 is 49.3 Å². The van der Waals surface area contributed by atoms with E-state index in [4.69, 9.17) is 0 Å². The van der Waals surface area contributed by atoms with E-state index in [2.05, 4.69) is 32.5 Å². The summed E-state index contributed by atoms with van der Waals surface area (Å²) >= 11 is 4.82. The van der Waals surface area contributed by atoms with Crippen molar-refractivity contribution in [1.29, 1.82) is 0 Å². The minimum absolute atomic E-state index is 0.117. The van der Waals surface area contributed by atoms with E-state index < -0.39 is 10.0 Å². The zero-order valence-corrected chi connectivity index (χ0v) is 17.2. The third-order valence-corrected chi connectivity index (χ3v) is 6.09. The summed E-state index contributed by atoms with van der Waals surface area (Å²) in [7, 11) is -3.39. The number of amides is 1. The molecule has 0 aliphatic carbocycles. The first kappa shape index (κ1) is 20.7. The first-order chi connectivity index (χ1) is 12.4. The lowest BCUT2D eigenvalue weighted by Gasteiger charge is -2.08. The van der Waals surface area contributed by atoms with Crippen molar-refractivity contribution in [3.05, 3.63) is 71.2 Å². The van der Waals surface area contributed by atoms with Crippen LogP contribution in [0.25, 0.3) is 0 Å². The standard InChI is InChI=1S/C18H19BrN2O3S2/c1-2-11-20-26(23,24)13-14-3-7-16(8-4-14)21-18(22)12-25-17-9-5-15(19)6-10-17/h2-10,20H,1,11-13H2,(H,21,22). The Morgan fingerprint density at radius 2 is 1.77 bits per heavy atom. The zero-order chi connectivity index (χ0) is 19.0. The van der Waals surface area contributed by atoms with Crippen LogP contribution < -0.4 is 10.0 Å². The van der Waals surface area contributed by atoms with Gasteiger partial charge in [-0.2, -0.15) is 0 Å². The Bertz CT molecular complexity index is 851. The normalized spacial score (nSPS) is 11.1. The lowest BCUT2D eigenvalue weighted by atomic mass is 10.2. The predicted molar refractivity (Wildman–Crippen MR) is 111 cm³/mol. The number of nitrogens with one attached hydrogen (secondary N) is 2. The Morgan fingerprint density at radius 1 is 1.12 bits per heavy atom. The molecule has 0 fully saturated rings. The van der Waals surface area contributed by atoms with Gasteiger partial charge in [0.2, 0.25) is 15.9 Å². The number of anilines is 1. The van der Waals surface area contributed by atoms with Gasteiger partial charge >= 0.3 is 0 Å². The average Bonchev–Trinajstić information content (AvgIpc) is 2.61. The monoisotopic (exact) mass is 454 g/mol. The van der Waals surface area contributed by atoms with Crippen molar-refractivity contribution in [3.8, 4) is 0 Å². The summed E-state index contributed by atoms with van der Waals surface area (Å²) in [5.74, 6) is 0.0588. The molecule has 138 valence electrons. The Morgan fingerprint density at radius 3 is 2.38 bits per heavy atom. The number of benzene rings is 2. The van der Waals surface area contributed by atoms with Gasteiger partial charge in [0, 0.05) is 21.6 Å². The van der Waals surface area contributed by atoms with Gasteiger partial charge in [0.1, 0.15) is 0 Å². The van der Waals surface area contributed by atoms with Crippen LogP contribution in [0.15, 0.2) is 70.6 Å². The number of rotatable bonds is 9. The van der Waals surface area contributed by atoms with Gasteiger partial charge in [-0.1, -0.05) is 34.1 Å². The van der Waals surface area contributed by atoms with Crippen LogP contribution >= 0.6 is 27.7 Å². The number of halogens is 1. The van der Waals surface area contributed by atoms with Gasteiger partial charge in [-0.3, -0.25) is 4.79 Å². The summed E-state index contributed by atoms with van der Waals surface area (Å²) in [6.45, 7) is 3.68. The molecular weight excluding hydrogens is 436 g/mol. The smallest absolute Gasteiger partial charge is 0.234 e. The van der Waals surface area contributed by atoms with E-state index in [9.17, 15) is 13.2 Å². The molecule has 0 aliphatic heterocycles. The molecule has 2 N–H and O–H groups in total. The van der Waals surface area contributed by atoms with Gasteiger partial charge in [-0.15, -0.1) is 18.3 Å². The van der Waals surface area contributed by atoms with E-state index in [1.807, 2.05) is 24.3 Å². The molecule has 0 aliphatic rings. The highest BCUT2D eigenvalue weighted by Gasteiger charge is 2.10. The Hall–Kier alpha value is -1.61. The summed E-state index contributed by atoms with van der Waals surface area (Å²) < 4.78 is 27.1. The van der Waals surface area contributed by atoms with Crippen LogP contribution in [-0.4, -0.2) is 26.6 Å². The highest BCUT2D eigenvalue weighted by molar-refractivity contribution is 9.10. The van der Waals surface area contributed by atoms with Crippen molar-refractivity contribution in [2.75, 3.05) is 17.6 Å². The molecule has 0 spiro atoms.